The fourth-order valence-corrected chi connectivity index (χ4v) is 3.98. The van der Waals surface area contributed by atoms with E-state index in [1.165, 1.54) is 13.2 Å². The van der Waals surface area contributed by atoms with Crippen LogP contribution < -0.4 is 10.0 Å². The number of benzene rings is 2. The van der Waals surface area contributed by atoms with Crippen molar-refractivity contribution >= 4 is 41.6 Å². The van der Waals surface area contributed by atoms with E-state index in [2.05, 4.69) is 11.6 Å². The van der Waals surface area contributed by atoms with Gasteiger partial charge in [-0.1, -0.05) is 41.3 Å². The molecule has 130 valence electrons. The van der Waals surface area contributed by atoms with Gasteiger partial charge in [0, 0.05) is 17.5 Å². The first-order valence-electron chi connectivity index (χ1n) is 7.14. The van der Waals surface area contributed by atoms with Gasteiger partial charge in [0.2, 0.25) is 0 Å². The normalized spacial score (nSPS) is 12.7. The quantitative estimate of drug-likeness (QED) is 0.606. The minimum atomic E-state index is -2.98. The Morgan fingerprint density at radius 2 is 1.96 bits per heavy atom. The molecule has 0 saturated heterocycles. The number of hydrogen-bond donors (Lipinski definition) is 1. The summed E-state index contributed by atoms with van der Waals surface area (Å²) in [7, 11) is -1.44. The lowest BCUT2D eigenvalue weighted by atomic mass is 10.1. The number of methoxy groups -OCH3 is 1. The molecule has 0 aliphatic heterocycles. The molecule has 0 heterocycles. The lowest BCUT2D eigenvalue weighted by Crippen LogP contribution is -2.03. The molecule has 2 rings (SSSR count). The third kappa shape index (κ3) is 4.19. The van der Waals surface area contributed by atoms with Crippen molar-refractivity contribution in [2.24, 2.45) is 0 Å². The molecule has 0 spiro atoms. The van der Waals surface area contributed by atoms with Crippen molar-refractivity contribution in [2.45, 2.75) is 6.92 Å². The van der Waals surface area contributed by atoms with E-state index in [1.807, 2.05) is 0 Å². The number of carboxylic acid groups (broad SMARTS) is 1. The molecule has 7 heteroatoms. The van der Waals surface area contributed by atoms with Gasteiger partial charge in [-0.25, -0.2) is 4.79 Å². The van der Waals surface area contributed by atoms with Crippen molar-refractivity contribution < 1.29 is 19.2 Å². The van der Waals surface area contributed by atoms with Crippen molar-refractivity contribution in [2.75, 3.05) is 13.8 Å². The van der Waals surface area contributed by atoms with Gasteiger partial charge in [-0.3, -0.25) is 0 Å². The van der Waals surface area contributed by atoms with Gasteiger partial charge in [-0.05, 0) is 36.3 Å². The molecule has 25 heavy (non-hydrogen) atoms. The standard InChI is InChI=1S/C18H15Cl2O4P/c1-11-12(9-15(19)16(17(11)20)18(21)22)7-8-25(3,23)14-6-4-5-13(10-14)24-2/h4-6,9-10H,1-3H3,(H,21,22). The average molecular weight is 397 g/mol. The first-order chi connectivity index (χ1) is 11.7. The number of ether oxygens (including phenoxy) is 1. The summed E-state index contributed by atoms with van der Waals surface area (Å²) in [6.45, 7) is 3.19. The second-order valence-electron chi connectivity index (χ2n) is 5.39. The maximum atomic E-state index is 12.9. The van der Waals surface area contributed by atoms with Gasteiger partial charge < -0.3 is 14.4 Å². The molecule has 0 aliphatic rings. The van der Waals surface area contributed by atoms with Crippen LogP contribution in [0.4, 0.5) is 0 Å². The predicted molar refractivity (Wildman–Crippen MR) is 101 cm³/mol. The van der Waals surface area contributed by atoms with Gasteiger partial charge in [-0.15, -0.1) is 0 Å². The molecule has 1 atom stereocenters. The van der Waals surface area contributed by atoms with Crippen LogP contribution in [0.3, 0.4) is 0 Å². The zero-order chi connectivity index (χ0) is 18.8. The Labute approximate surface area is 156 Å². The minimum Gasteiger partial charge on any atom is -0.497 e. The maximum absolute atomic E-state index is 12.9. The molecule has 1 N–H and O–H groups in total. The largest absolute Gasteiger partial charge is 0.497 e. The highest BCUT2D eigenvalue weighted by Gasteiger charge is 2.19. The average Bonchev–Trinajstić information content (AvgIpc) is 2.56. The first kappa shape index (κ1) is 19.4. The van der Waals surface area contributed by atoms with Crippen LogP contribution in [0.1, 0.15) is 21.5 Å². The van der Waals surface area contributed by atoms with Crippen molar-refractivity contribution in [3.05, 3.63) is 57.1 Å². The van der Waals surface area contributed by atoms with Crippen molar-refractivity contribution in [3.63, 3.8) is 0 Å². The Balaban J connectivity index is 2.50. The van der Waals surface area contributed by atoms with E-state index in [-0.39, 0.29) is 15.6 Å². The second-order valence-corrected chi connectivity index (χ2v) is 8.76. The van der Waals surface area contributed by atoms with Gasteiger partial charge in [0.15, 0.2) is 7.14 Å². The Bertz CT molecular complexity index is 958. The molecule has 2 aromatic rings. The number of hydrogen-bond acceptors (Lipinski definition) is 3. The van der Waals surface area contributed by atoms with Crippen molar-refractivity contribution in [3.8, 4) is 17.3 Å². The predicted octanol–water partition coefficient (Wildman–Crippen LogP) is 4.64. The fraction of sp³-hybridized carbons (Fsp3) is 0.167. The van der Waals surface area contributed by atoms with Crippen molar-refractivity contribution in [1.29, 1.82) is 0 Å². The number of rotatable bonds is 3. The van der Waals surface area contributed by atoms with E-state index in [0.29, 0.717) is 22.2 Å². The van der Waals surface area contributed by atoms with Gasteiger partial charge in [0.25, 0.3) is 0 Å². The topological polar surface area (TPSA) is 63.6 Å². The van der Waals surface area contributed by atoms with E-state index in [4.69, 9.17) is 33.0 Å². The fourth-order valence-electron chi connectivity index (χ4n) is 2.15. The summed E-state index contributed by atoms with van der Waals surface area (Å²) in [5.41, 5.74) is 3.51. The maximum Gasteiger partial charge on any atom is 0.338 e. The Kier molecular flexibility index (Phi) is 5.85. The Morgan fingerprint density at radius 1 is 1.28 bits per heavy atom. The van der Waals surface area contributed by atoms with Crippen LogP contribution in [0.5, 0.6) is 5.75 Å². The van der Waals surface area contributed by atoms with Gasteiger partial charge in [0.1, 0.15) is 5.75 Å². The van der Waals surface area contributed by atoms with Gasteiger partial charge in [0.05, 0.1) is 22.7 Å². The first-order valence-corrected chi connectivity index (χ1v) is 10.1. The smallest absolute Gasteiger partial charge is 0.338 e. The van der Waals surface area contributed by atoms with Crippen molar-refractivity contribution in [1.82, 2.24) is 0 Å². The molecular formula is C18H15Cl2O4P. The van der Waals surface area contributed by atoms with Gasteiger partial charge >= 0.3 is 5.97 Å². The molecule has 0 fully saturated rings. The van der Waals surface area contributed by atoms with E-state index in [9.17, 15) is 9.36 Å². The SMILES string of the molecule is COc1cccc(P(C)(=O)C#Cc2cc(Cl)c(C(=O)O)c(Cl)c2C)c1. The molecule has 0 amide bonds. The minimum absolute atomic E-state index is 0.0142. The molecule has 0 aliphatic carbocycles. The molecule has 0 bridgehead atoms. The summed E-state index contributed by atoms with van der Waals surface area (Å²) in [6, 6.07) is 8.32. The summed E-state index contributed by atoms with van der Waals surface area (Å²) in [4.78, 5) is 11.2. The number of aromatic carboxylic acids is 1. The molecular weight excluding hydrogens is 382 g/mol. The molecule has 4 nitrogen and oxygen atoms in total. The number of halogens is 2. The monoisotopic (exact) mass is 396 g/mol. The zero-order valence-electron chi connectivity index (χ0n) is 13.8. The second kappa shape index (κ2) is 7.54. The van der Waals surface area contributed by atoms with Crippen LogP contribution in [-0.4, -0.2) is 24.9 Å². The van der Waals surface area contributed by atoms with Crippen LogP contribution in [0.25, 0.3) is 0 Å². The molecule has 1 unspecified atom stereocenters. The number of carbonyl (C=O) groups is 1. The Hall–Kier alpha value is -1.92. The molecule has 0 radical (unpaired) electrons. The van der Waals surface area contributed by atoms with E-state index in [0.717, 1.165) is 0 Å². The van der Waals surface area contributed by atoms with E-state index >= 15 is 0 Å². The summed E-state index contributed by atoms with van der Waals surface area (Å²) in [6.07, 6.45) is 0. The third-order valence-corrected chi connectivity index (χ3v) is 6.20. The highest BCUT2D eigenvalue weighted by Crippen LogP contribution is 2.39. The third-order valence-electron chi connectivity index (χ3n) is 3.63. The lowest BCUT2D eigenvalue weighted by Gasteiger charge is -2.09. The summed E-state index contributed by atoms with van der Waals surface area (Å²) in [5, 5.41) is 9.73. The van der Waals surface area contributed by atoms with Gasteiger partial charge in [-0.2, -0.15) is 0 Å². The summed E-state index contributed by atoms with van der Waals surface area (Å²) < 4.78 is 18.1. The highest BCUT2D eigenvalue weighted by molar-refractivity contribution is 7.75. The molecule has 2 aromatic carbocycles. The van der Waals surface area contributed by atoms with Crippen LogP contribution in [0.2, 0.25) is 10.0 Å². The van der Waals surface area contributed by atoms with E-state index < -0.39 is 13.1 Å². The van der Waals surface area contributed by atoms with Crippen LogP contribution in [0.15, 0.2) is 30.3 Å². The lowest BCUT2D eigenvalue weighted by molar-refractivity contribution is 0.0697. The summed E-state index contributed by atoms with van der Waals surface area (Å²) >= 11 is 12.1. The Morgan fingerprint density at radius 3 is 2.56 bits per heavy atom. The zero-order valence-corrected chi connectivity index (χ0v) is 16.2. The summed E-state index contributed by atoms with van der Waals surface area (Å²) in [5.74, 6) is 2.20. The number of carboxylic acids is 1. The van der Waals surface area contributed by atoms with Crippen LogP contribution in [-0.2, 0) is 4.57 Å². The molecule has 0 aromatic heterocycles. The molecule has 0 saturated carbocycles. The van der Waals surface area contributed by atoms with E-state index in [1.54, 1.807) is 37.9 Å². The van der Waals surface area contributed by atoms with Crippen LogP contribution in [0, 0.1) is 18.5 Å². The van der Waals surface area contributed by atoms with Crippen LogP contribution >= 0.6 is 30.3 Å². The highest BCUT2D eigenvalue weighted by atomic mass is 35.5.